The highest BCUT2D eigenvalue weighted by Crippen LogP contribution is 2.24. The molecule has 1 amide bonds. The number of nitrogens with two attached hydrogens (primary N) is 1. The largest absolute Gasteiger partial charge is 0.330 e. The monoisotopic (exact) mass is 440 g/mol. The number of carbonyl (C=O) groups excluding carboxylic acids is 1. The molecule has 1 aliphatic heterocycles. The minimum absolute atomic E-state index is 0. The van der Waals surface area contributed by atoms with E-state index in [0.29, 0.717) is 18.7 Å². The van der Waals surface area contributed by atoms with Crippen LogP contribution in [0.4, 0.5) is 5.69 Å². The SMILES string of the molecule is Cl.Cl.NCCc1nc(C(=O)Nc2ccc(-c3nnc4n3CCCC4)cc2)cs1. The minimum Gasteiger partial charge on any atom is -0.330 e. The highest BCUT2D eigenvalue weighted by molar-refractivity contribution is 7.09. The Hall–Kier alpha value is -2.00. The quantitative estimate of drug-likeness (QED) is 0.633. The van der Waals surface area contributed by atoms with E-state index in [1.807, 2.05) is 24.3 Å². The molecule has 7 nitrogen and oxygen atoms in total. The van der Waals surface area contributed by atoms with Gasteiger partial charge < -0.3 is 15.6 Å². The Bertz CT molecular complexity index is 925. The number of carbonyl (C=O) groups is 1. The van der Waals surface area contributed by atoms with Gasteiger partial charge in [-0.2, -0.15) is 0 Å². The van der Waals surface area contributed by atoms with Crippen molar-refractivity contribution in [1.82, 2.24) is 19.7 Å². The highest BCUT2D eigenvalue weighted by Gasteiger charge is 2.17. The van der Waals surface area contributed by atoms with Crippen LogP contribution in [-0.4, -0.2) is 32.2 Å². The van der Waals surface area contributed by atoms with Gasteiger partial charge in [-0.1, -0.05) is 0 Å². The Labute approximate surface area is 179 Å². The molecule has 1 aliphatic rings. The summed E-state index contributed by atoms with van der Waals surface area (Å²) in [5.41, 5.74) is 7.68. The highest BCUT2D eigenvalue weighted by atomic mass is 35.5. The Morgan fingerprint density at radius 1 is 1.18 bits per heavy atom. The fourth-order valence-corrected chi connectivity index (χ4v) is 3.87. The fraction of sp³-hybridized carbons (Fsp3) is 0.333. The zero-order valence-electron chi connectivity index (χ0n) is 15.1. The molecular formula is C18H22Cl2N6OS. The first kappa shape index (κ1) is 22.3. The lowest BCUT2D eigenvalue weighted by Crippen LogP contribution is -2.13. The van der Waals surface area contributed by atoms with Crippen molar-refractivity contribution < 1.29 is 4.79 Å². The summed E-state index contributed by atoms with van der Waals surface area (Å²) in [5, 5.41) is 14.1. The van der Waals surface area contributed by atoms with Crippen LogP contribution in [0.1, 0.15) is 34.2 Å². The van der Waals surface area contributed by atoms with Crippen LogP contribution in [0, 0.1) is 0 Å². The molecule has 0 radical (unpaired) electrons. The van der Waals surface area contributed by atoms with Gasteiger partial charge in [0.1, 0.15) is 11.5 Å². The van der Waals surface area contributed by atoms with E-state index in [0.717, 1.165) is 47.3 Å². The second-order valence-electron chi connectivity index (χ2n) is 6.25. The van der Waals surface area contributed by atoms with Crippen molar-refractivity contribution in [3.63, 3.8) is 0 Å². The van der Waals surface area contributed by atoms with Crippen LogP contribution in [0.5, 0.6) is 0 Å². The second kappa shape index (κ2) is 9.97. The third-order valence-electron chi connectivity index (χ3n) is 4.40. The van der Waals surface area contributed by atoms with Gasteiger partial charge >= 0.3 is 0 Å². The molecule has 2 aromatic heterocycles. The molecule has 0 bridgehead atoms. The lowest BCUT2D eigenvalue weighted by Gasteiger charge is -2.14. The predicted octanol–water partition coefficient (Wildman–Crippen LogP) is 3.34. The van der Waals surface area contributed by atoms with Gasteiger partial charge in [-0.3, -0.25) is 4.79 Å². The Morgan fingerprint density at radius 2 is 1.96 bits per heavy atom. The number of fused-ring (bicyclic) bond motifs is 1. The molecule has 0 unspecified atom stereocenters. The van der Waals surface area contributed by atoms with Crippen molar-refractivity contribution >= 4 is 47.7 Å². The average molecular weight is 441 g/mol. The molecule has 3 aromatic rings. The summed E-state index contributed by atoms with van der Waals surface area (Å²) in [6, 6.07) is 7.68. The summed E-state index contributed by atoms with van der Waals surface area (Å²) in [4.78, 5) is 16.6. The van der Waals surface area contributed by atoms with E-state index in [9.17, 15) is 4.79 Å². The lowest BCUT2D eigenvalue weighted by molar-refractivity contribution is 0.102. The number of rotatable bonds is 5. The van der Waals surface area contributed by atoms with Crippen LogP contribution in [0.25, 0.3) is 11.4 Å². The number of aromatic nitrogens is 4. The first-order valence-corrected chi connectivity index (χ1v) is 9.61. The number of aryl methyl sites for hydroxylation is 1. The molecular weight excluding hydrogens is 419 g/mol. The molecule has 0 saturated carbocycles. The maximum absolute atomic E-state index is 12.3. The second-order valence-corrected chi connectivity index (χ2v) is 7.19. The van der Waals surface area contributed by atoms with E-state index >= 15 is 0 Å². The van der Waals surface area contributed by atoms with Crippen molar-refractivity contribution in [1.29, 1.82) is 0 Å². The number of benzene rings is 1. The summed E-state index contributed by atoms with van der Waals surface area (Å²) in [5.74, 6) is 1.74. The Kier molecular flexibility index (Phi) is 7.94. The molecule has 0 saturated heterocycles. The summed E-state index contributed by atoms with van der Waals surface area (Å²) >= 11 is 1.46. The number of halogens is 2. The fourth-order valence-electron chi connectivity index (χ4n) is 3.07. The van der Waals surface area contributed by atoms with E-state index < -0.39 is 0 Å². The van der Waals surface area contributed by atoms with Crippen molar-refractivity contribution in [2.45, 2.75) is 32.2 Å². The number of amides is 1. The van der Waals surface area contributed by atoms with Crippen LogP contribution in [0.15, 0.2) is 29.6 Å². The van der Waals surface area contributed by atoms with Crippen LogP contribution in [0.2, 0.25) is 0 Å². The molecule has 4 rings (SSSR count). The number of anilines is 1. The van der Waals surface area contributed by atoms with Gasteiger partial charge in [-0.15, -0.1) is 46.3 Å². The van der Waals surface area contributed by atoms with Crippen molar-refractivity contribution in [2.24, 2.45) is 5.73 Å². The molecule has 0 atom stereocenters. The van der Waals surface area contributed by atoms with Gasteiger partial charge in [0.05, 0.1) is 5.01 Å². The third-order valence-corrected chi connectivity index (χ3v) is 5.31. The Balaban J connectivity index is 0.00000140. The maximum Gasteiger partial charge on any atom is 0.275 e. The molecule has 1 aromatic carbocycles. The predicted molar refractivity (Wildman–Crippen MR) is 116 cm³/mol. The minimum atomic E-state index is -0.211. The lowest BCUT2D eigenvalue weighted by atomic mass is 10.1. The van der Waals surface area contributed by atoms with Gasteiger partial charge in [0.2, 0.25) is 0 Å². The van der Waals surface area contributed by atoms with Crippen LogP contribution in [-0.2, 0) is 19.4 Å². The van der Waals surface area contributed by atoms with Crippen molar-refractivity contribution in [3.05, 3.63) is 46.2 Å². The zero-order chi connectivity index (χ0) is 17.9. The van der Waals surface area contributed by atoms with Gasteiger partial charge in [-0.25, -0.2) is 4.98 Å². The van der Waals surface area contributed by atoms with Gasteiger partial charge in [0.15, 0.2) is 5.82 Å². The molecule has 150 valence electrons. The molecule has 0 aliphatic carbocycles. The number of thiazole rings is 1. The number of hydrogen-bond acceptors (Lipinski definition) is 6. The summed E-state index contributed by atoms with van der Waals surface area (Å²) in [7, 11) is 0. The first-order chi connectivity index (χ1) is 12.7. The van der Waals surface area contributed by atoms with Crippen LogP contribution < -0.4 is 11.1 Å². The first-order valence-electron chi connectivity index (χ1n) is 8.73. The molecule has 3 heterocycles. The molecule has 10 heteroatoms. The summed E-state index contributed by atoms with van der Waals surface area (Å²) in [6.45, 7) is 1.49. The smallest absolute Gasteiger partial charge is 0.275 e. The average Bonchev–Trinajstić information content (AvgIpc) is 3.30. The van der Waals surface area contributed by atoms with Gasteiger partial charge in [0, 0.05) is 36.0 Å². The van der Waals surface area contributed by atoms with E-state index in [1.54, 1.807) is 5.38 Å². The third kappa shape index (κ3) is 4.70. The van der Waals surface area contributed by atoms with Gasteiger partial charge in [0.25, 0.3) is 5.91 Å². The number of hydrogen-bond donors (Lipinski definition) is 2. The Morgan fingerprint density at radius 3 is 2.71 bits per heavy atom. The number of nitrogens with one attached hydrogen (secondary N) is 1. The van der Waals surface area contributed by atoms with Crippen molar-refractivity contribution in [2.75, 3.05) is 11.9 Å². The topological polar surface area (TPSA) is 98.7 Å². The van der Waals surface area contributed by atoms with Crippen LogP contribution in [0.3, 0.4) is 0 Å². The maximum atomic E-state index is 12.3. The van der Waals surface area contributed by atoms with Crippen LogP contribution >= 0.6 is 36.2 Å². The van der Waals surface area contributed by atoms with E-state index in [-0.39, 0.29) is 30.7 Å². The summed E-state index contributed by atoms with van der Waals surface area (Å²) in [6.07, 6.45) is 4.01. The molecule has 28 heavy (non-hydrogen) atoms. The molecule has 0 fully saturated rings. The van der Waals surface area contributed by atoms with E-state index in [1.165, 1.54) is 17.8 Å². The standard InChI is InChI=1S/C18H20N6OS.2ClH/c19-9-8-16-21-14(11-26-16)18(25)20-13-6-4-12(5-7-13)17-23-22-15-3-1-2-10-24(15)17;;/h4-7,11H,1-3,8-10,19H2,(H,20,25);2*1H. The summed E-state index contributed by atoms with van der Waals surface area (Å²) < 4.78 is 2.19. The van der Waals surface area contributed by atoms with E-state index in [4.69, 9.17) is 5.73 Å². The van der Waals surface area contributed by atoms with Gasteiger partial charge in [-0.05, 0) is 43.7 Å². The normalized spacial score (nSPS) is 12.5. The molecule has 0 spiro atoms. The van der Waals surface area contributed by atoms with E-state index in [2.05, 4.69) is 25.1 Å². The number of nitrogens with zero attached hydrogens (tertiary/aromatic N) is 4. The molecule has 3 N–H and O–H groups in total. The zero-order valence-corrected chi connectivity index (χ0v) is 17.6. The van der Waals surface area contributed by atoms with Crippen molar-refractivity contribution in [3.8, 4) is 11.4 Å².